The Morgan fingerprint density at radius 2 is 2.22 bits per heavy atom. The number of nitrogens with zero attached hydrogens (tertiary/aromatic N) is 3. The molecule has 36 heavy (non-hydrogen) atoms. The fourth-order valence-corrected chi connectivity index (χ4v) is 4.52. The maximum Gasteiger partial charge on any atom is 0.265 e. The molecule has 0 spiro atoms. The van der Waals surface area contributed by atoms with Gasteiger partial charge in [-0.2, -0.15) is 0 Å². The van der Waals surface area contributed by atoms with E-state index in [1.807, 2.05) is 54.8 Å². The molecule has 0 radical (unpaired) electrons. The molecule has 0 aliphatic heterocycles. The van der Waals surface area contributed by atoms with Gasteiger partial charge in [0.15, 0.2) is 5.76 Å². The van der Waals surface area contributed by atoms with E-state index in [1.165, 1.54) is 0 Å². The van der Waals surface area contributed by atoms with E-state index in [0.29, 0.717) is 48.8 Å². The number of aromatic nitrogens is 3. The molecular formula is C24H26N4O6PS-. The molecule has 0 saturated carbocycles. The van der Waals surface area contributed by atoms with Crippen LogP contribution in [-0.2, 0) is 22.1 Å². The zero-order valence-corrected chi connectivity index (χ0v) is 21.3. The van der Waals surface area contributed by atoms with Gasteiger partial charge in [-0.25, -0.2) is 9.97 Å². The Morgan fingerprint density at radius 1 is 1.36 bits per heavy atom. The topological polar surface area (TPSA) is 157 Å². The van der Waals surface area contributed by atoms with E-state index in [-0.39, 0.29) is 12.5 Å². The normalized spacial score (nSPS) is 21.4. The van der Waals surface area contributed by atoms with Gasteiger partial charge in [0, 0.05) is 41.4 Å². The first-order valence-corrected chi connectivity index (χ1v) is 13.6. The number of phosphoric acid groups is 1. The fourth-order valence-electron chi connectivity index (χ4n) is 3.58. The van der Waals surface area contributed by atoms with E-state index in [0.717, 1.165) is 22.0 Å². The summed E-state index contributed by atoms with van der Waals surface area (Å²) in [6, 6.07) is 5.59. The minimum atomic E-state index is -4.71. The molecule has 4 rings (SSSR count). The van der Waals surface area contributed by atoms with Crippen LogP contribution in [0.25, 0.3) is 5.57 Å². The summed E-state index contributed by atoms with van der Waals surface area (Å²) in [6.45, 7) is 2.23. The Kier molecular flexibility index (Phi) is 8.50. The van der Waals surface area contributed by atoms with Gasteiger partial charge in [0.05, 0.1) is 23.0 Å². The van der Waals surface area contributed by atoms with Crippen LogP contribution in [0.15, 0.2) is 64.3 Å². The van der Waals surface area contributed by atoms with Crippen LogP contribution in [0.1, 0.15) is 40.6 Å². The zero-order valence-electron chi connectivity index (χ0n) is 19.6. The van der Waals surface area contributed by atoms with Crippen molar-refractivity contribution in [2.24, 2.45) is 11.7 Å². The highest BCUT2D eigenvalue weighted by Gasteiger charge is 2.15. The van der Waals surface area contributed by atoms with Gasteiger partial charge in [0.25, 0.3) is 7.82 Å². The monoisotopic (exact) mass is 529 g/mol. The SMILES string of the molecule is Cc1nc(COc2ccc(Cc3cc(C4=C/C=C\C(CCOP(=O)([O-])O)C\C=C\4N)on3)cn2)cs1. The average Bonchev–Trinajstić information content (AvgIpc) is 3.45. The molecule has 0 aromatic carbocycles. The number of nitrogens with two attached hydrogens (primary N) is 1. The molecule has 10 nitrogen and oxygen atoms in total. The molecule has 2 unspecified atom stereocenters. The van der Waals surface area contributed by atoms with Crippen LogP contribution in [0.5, 0.6) is 5.88 Å². The van der Waals surface area contributed by atoms with Crippen molar-refractivity contribution in [2.45, 2.75) is 32.8 Å². The lowest BCUT2D eigenvalue weighted by Crippen LogP contribution is -2.09. The highest BCUT2D eigenvalue weighted by Crippen LogP contribution is 2.31. The average molecular weight is 530 g/mol. The zero-order chi connectivity index (χ0) is 25.5. The Hall–Kier alpha value is -3.08. The Bertz CT molecular complexity index is 1310. The van der Waals surface area contributed by atoms with Crippen LogP contribution < -0.4 is 15.4 Å². The number of rotatable bonds is 10. The van der Waals surface area contributed by atoms with Gasteiger partial charge < -0.3 is 29.3 Å². The third-order valence-corrected chi connectivity index (χ3v) is 6.71. The Morgan fingerprint density at radius 3 is 2.94 bits per heavy atom. The molecule has 1 aliphatic rings. The predicted octanol–water partition coefficient (Wildman–Crippen LogP) is 3.67. The van der Waals surface area contributed by atoms with Crippen LogP contribution >= 0.6 is 19.2 Å². The number of phosphoric ester groups is 1. The molecule has 0 saturated heterocycles. The number of ether oxygens (including phenoxy) is 1. The molecule has 12 heteroatoms. The first-order chi connectivity index (χ1) is 17.2. The van der Waals surface area contributed by atoms with E-state index in [9.17, 15) is 9.46 Å². The Labute approximate surface area is 212 Å². The van der Waals surface area contributed by atoms with Crippen molar-refractivity contribution in [1.82, 2.24) is 15.1 Å². The highest BCUT2D eigenvalue weighted by atomic mass is 32.1. The number of hydrogen-bond acceptors (Lipinski definition) is 10. The van der Waals surface area contributed by atoms with E-state index >= 15 is 0 Å². The Balaban J connectivity index is 1.34. The predicted molar refractivity (Wildman–Crippen MR) is 133 cm³/mol. The van der Waals surface area contributed by atoms with Crippen molar-refractivity contribution < 1.29 is 28.1 Å². The molecule has 2 atom stereocenters. The van der Waals surface area contributed by atoms with Crippen molar-refractivity contribution in [3.8, 4) is 5.88 Å². The number of pyridine rings is 1. The molecular weight excluding hydrogens is 503 g/mol. The maximum atomic E-state index is 10.7. The summed E-state index contributed by atoms with van der Waals surface area (Å²) in [5.74, 6) is 1.09. The lowest BCUT2D eigenvalue weighted by atomic mass is 9.96. The number of aryl methyl sites for hydroxylation is 1. The lowest BCUT2D eigenvalue weighted by Gasteiger charge is -2.18. The lowest BCUT2D eigenvalue weighted by molar-refractivity contribution is -0.220. The van der Waals surface area contributed by atoms with Gasteiger partial charge in [-0.3, -0.25) is 4.57 Å². The molecule has 3 aromatic heterocycles. The summed E-state index contributed by atoms with van der Waals surface area (Å²) in [6.07, 6.45) is 10.7. The quantitative estimate of drug-likeness (QED) is 0.371. The smallest absolute Gasteiger partial charge is 0.265 e. The molecule has 190 valence electrons. The number of thiazole rings is 1. The highest BCUT2D eigenvalue weighted by molar-refractivity contribution is 7.44. The van der Waals surface area contributed by atoms with E-state index in [4.69, 9.17) is 19.9 Å². The number of allylic oxidation sites excluding steroid dienone is 5. The van der Waals surface area contributed by atoms with Crippen LogP contribution in [0, 0.1) is 12.8 Å². The molecule has 0 bridgehead atoms. The van der Waals surface area contributed by atoms with Crippen LogP contribution in [0.4, 0.5) is 0 Å². The molecule has 3 N–H and O–H groups in total. The molecule has 0 amide bonds. The van der Waals surface area contributed by atoms with Crippen molar-refractivity contribution in [3.05, 3.63) is 87.5 Å². The van der Waals surface area contributed by atoms with E-state index in [2.05, 4.69) is 19.6 Å². The standard InChI is InChI=1S/C24H27N4O6PS/c1-16-27-20(15-36-16)14-32-24-8-6-18(13-26-24)11-19-12-23(34-28-19)21-4-2-3-17(5-7-22(21)25)9-10-33-35(29,30)31/h2-4,6-8,12-13,15,17H,5,9-11,14,25H2,1H3,(H2,29,30,31)/p-1/b3-2-,21-4+,22-7-. The van der Waals surface area contributed by atoms with Crippen LogP contribution in [0.3, 0.4) is 0 Å². The summed E-state index contributed by atoms with van der Waals surface area (Å²) in [7, 11) is -4.71. The largest absolute Gasteiger partial charge is 0.756 e. The third-order valence-electron chi connectivity index (χ3n) is 5.38. The molecule has 3 heterocycles. The summed E-state index contributed by atoms with van der Waals surface area (Å²) < 4.78 is 26.4. The first-order valence-electron chi connectivity index (χ1n) is 11.2. The summed E-state index contributed by atoms with van der Waals surface area (Å²) >= 11 is 1.58. The number of hydrogen-bond donors (Lipinski definition) is 2. The van der Waals surface area contributed by atoms with E-state index < -0.39 is 7.82 Å². The van der Waals surface area contributed by atoms with Crippen LogP contribution in [0.2, 0.25) is 0 Å². The van der Waals surface area contributed by atoms with Crippen molar-refractivity contribution in [1.29, 1.82) is 0 Å². The van der Waals surface area contributed by atoms with Crippen LogP contribution in [-0.4, -0.2) is 26.6 Å². The van der Waals surface area contributed by atoms with Gasteiger partial charge in [-0.1, -0.05) is 29.5 Å². The summed E-state index contributed by atoms with van der Waals surface area (Å²) in [5.41, 5.74) is 10.1. The van der Waals surface area contributed by atoms with Gasteiger partial charge in [0.2, 0.25) is 5.88 Å². The second kappa shape index (κ2) is 11.8. The van der Waals surface area contributed by atoms with Gasteiger partial charge in [-0.15, -0.1) is 11.3 Å². The van der Waals surface area contributed by atoms with Gasteiger partial charge in [0.1, 0.15) is 6.61 Å². The summed E-state index contributed by atoms with van der Waals surface area (Å²) in [5, 5.41) is 7.14. The minimum Gasteiger partial charge on any atom is -0.756 e. The second-order valence-corrected chi connectivity index (χ2v) is 10.5. The fraction of sp³-hybridized carbons (Fsp3) is 0.292. The first kappa shape index (κ1) is 26.0. The minimum absolute atomic E-state index is 0.0169. The van der Waals surface area contributed by atoms with Crippen molar-refractivity contribution >= 4 is 24.7 Å². The van der Waals surface area contributed by atoms with Gasteiger partial charge >= 0.3 is 0 Å². The maximum absolute atomic E-state index is 10.7. The molecule has 1 aliphatic carbocycles. The van der Waals surface area contributed by atoms with Gasteiger partial charge in [-0.05, 0) is 37.3 Å². The van der Waals surface area contributed by atoms with Crippen molar-refractivity contribution in [3.63, 3.8) is 0 Å². The van der Waals surface area contributed by atoms with E-state index in [1.54, 1.807) is 17.5 Å². The molecule has 0 fully saturated rings. The summed E-state index contributed by atoms with van der Waals surface area (Å²) in [4.78, 5) is 28.2. The third kappa shape index (κ3) is 7.71. The molecule has 3 aromatic rings. The van der Waals surface area contributed by atoms with Crippen molar-refractivity contribution in [2.75, 3.05) is 6.61 Å². The second-order valence-electron chi connectivity index (χ2n) is 8.22.